The minimum absolute atomic E-state index is 0.479. The average Bonchev–Trinajstić information content (AvgIpc) is 2.40. The van der Waals surface area contributed by atoms with Crippen molar-refractivity contribution < 1.29 is 8.42 Å². The fourth-order valence-electron chi connectivity index (χ4n) is 2.63. The molecule has 0 aromatic heterocycles. The van der Waals surface area contributed by atoms with Crippen LogP contribution in [0, 0.1) is 6.92 Å². The van der Waals surface area contributed by atoms with Crippen LogP contribution in [0.25, 0.3) is 0 Å². The molecule has 0 amide bonds. The maximum absolute atomic E-state index is 12.3. The lowest BCUT2D eigenvalue weighted by molar-refractivity contribution is 0.359. The van der Waals surface area contributed by atoms with Gasteiger partial charge in [-0.3, -0.25) is 0 Å². The van der Waals surface area contributed by atoms with Gasteiger partial charge < -0.3 is 4.90 Å². The predicted molar refractivity (Wildman–Crippen MR) is 78.5 cm³/mol. The van der Waals surface area contributed by atoms with Gasteiger partial charge in [-0.1, -0.05) is 29.8 Å². The molecule has 1 heterocycles. The molecule has 0 N–H and O–H groups in total. The molecule has 19 heavy (non-hydrogen) atoms. The van der Waals surface area contributed by atoms with Crippen LogP contribution in [-0.2, 0) is 9.84 Å². The SMILES string of the molecule is CCN(CC)C1=C(C)S(=O)(=O)C1c1ccc(C)cc1. The van der Waals surface area contributed by atoms with Gasteiger partial charge in [0.25, 0.3) is 0 Å². The van der Waals surface area contributed by atoms with Crippen molar-refractivity contribution in [3.8, 4) is 0 Å². The third-order valence-electron chi connectivity index (χ3n) is 3.83. The zero-order valence-corrected chi connectivity index (χ0v) is 12.8. The summed E-state index contributed by atoms with van der Waals surface area (Å²) in [6, 6.07) is 7.79. The van der Waals surface area contributed by atoms with Crippen molar-refractivity contribution in [1.29, 1.82) is 0 Å². The van der Waals surface area contributed by atoms with Gasteiger partial charge in [-0.05, 0) is 33.3 Å². The zero-order chi connectivity index (χ0) is 14.2. The Morgan fingerprint density at radius 3 is 2.05 bits per heavy atom. The fraction of sp³-hybridized carbons (Fsp3) is 0.467. The molecule has 0 saturated heterocycles. The van der Waals surface area contributed by atoms with Gasteiger partial charge in [0.15, 0.2) is 9.84 Å². The van der Waals surface area contributed by atoms with Gasteiger partial charge in [0.05, 0.1) is 10.6 Å². The first-order chi connectivity index (χ1) is 8.93. The minimum atomic E-state index is -3.14. The van der Waals surface area contributed by atoms with E-state index in [1.165, 1.54) is 0 Å². The number of rotatable bonds is 4. The van der Waals surface area contributed by atoms with Crippen LogP contribution in [0.4, 0.5) is 0 Å². The summed E-state index contributed by atoms with van der Waals surface area (Å²) in [6.45, 7) is 9.50. The molecular weight excluding hydrogens is 258 g/mol. The molecule has 1 unspecified atom stereocenters. The monoisotopic (exact) mass is 279 g/mol. The van der Waals surface area contributed by atoms with E-state index >= 15 is 0 Å². The Kier molecular flexibility index (Phi) is 3.72. The number of allylic oxidation sites excluding steroid dienone is 1. The number of aryl methyl sites for hydroxylation is 1. The van der Waals surface area contributed by atoms with E-state index < -0.39 is 15.1 Å². The van der Waals surface area contributed by atoms with Gasteiger partial charge in [0.1, 0.15) is 5.25 Å². The van der Waals surface area contributed by atoms with E-state index in [0.29, 0.717) is 4.91 Å². The number of nitrogens with zero attached hydrogens (tertiary/aromatic N) is 1. The Balaban J connectivity index is 2.48. The van der Waals surface area contributed by atoms with Crippen molar-refractivity contribution in [1.82, 2.24) is 4.90 Å². The second-order valence-corrected chi connectivity index (χ2v) is 7.12. The first kappa shape index (κ1) is 14.1. The molecule has 1 aliphatic rings. The Morgan fingerprint density at radius 2 is 1.58 bits per heavy atom. The lowest BCUT2D eigenvalue weighted by atomic mass is 10.1. The van der Waals surface area contributed by atoms with Crippen molar-refractivity contribution in [3.63, 3.8) is 0 Å². The molecule has 1 aromatic rings. The van der Waals surface area contributed by atoms with Crippen molar-refractivity contribution in [3.05, 3.63) is 46.0 Å². The highest BCUT2D eigenvalue weighted by molar-refractivity contribution is 7.97. The number of hydrogen-bond donors (Lipinski definition) is 0. The van der Waals surface area contributed by atoms with E-state index in [9.17, 15) is 8.42 Å². The third-order valence-corrected chi connectivity index (χ3v) is 6.01. The molecule has 0 bridgehead atoms. The Morgan fingerprint density at radius 1 is 1.05 bits per heavy atom. The molecule has 0 fully saturated rings. The quantitative estimate of drug-likeness (QED) is 0.850. The summed E-state index contributed by atoms with van der Waals surface area (Å²) in [5, 5.41) is -0.479. The first-order valence-electron chi connectivity index (χ1n) is 6.69. The molecule has 3 nitrogen and oxygen atoms in total. The van der Waals surface area contributed by atoms with Crippen molar-refractivity contribution in [2.75, 3.05) is 13.1 Å². The summed E-state index contributed by atoms with van der Waals surface area (Å²) < 4.78 is 24.6. The van der Waals surface area contributed by atoms with Crippen LogP contribution in [0.2, 0.25) is 0 Å². The van der Waals surface area contributed by atoms with Crippen molar-refractivity contribution >= 4 is 9.84 Å². The van der Waals surface area contributed by atoms with Crippen LogP contribution in [0.1, 0.15) is 37.1 Å². The number of likely N-dealkylation sites (N-methyl/N-ethyl adjacent to an activating group) is 1. The van der Waals surface area contributed by atoms with Crippen LogP contribution >= 0.6 is 0 Å². The largest absolute Gasteiger partial charge is 0.373 e. The van der Waals surface area contributed by atoms with Crippen LogP contribution in [-0.4, -0.2) is 26.4 Å². The standard InChI is InChI=1S/C15H21NO2S/c1-5-16(6-2)14-12(4)19(17,18)15(14)13-9-7-11(3)8-10-13/h7-10,15H,5-6H2,1-4H3. The summed E-state index contributed by atoms with van der Waals surface area (Å²) in [7, 11) is -3.14. The van der Waals surface area contributed by atoms with E-state index in [0.717, 1.165) is 29.9 Å². The molecule has 4 heteroatoms. The average molecular weight is 279 g/mol. The van der Waals surface area contributed by atoms with Crippen LogP contribution in [0.15, 0.2) is 34.9 Å². The molecule has 2 rings (SSSR count). The Hall–Kier alpha value is -1.29. The van der Waals surface area contributed by atoms with Crippen LogP contribution in [0.5, 0.6) is 0 Å². The molecule has 1 atom stereocenters. The lowest BCUT2D eigenvalue weighted by Crippen LogP contribution is -2.38. The zero-order valence-electron chi connectivity index (χ0n) is 12.0. The van der Waals surface area contributed by atoms with Crippen LogP contribution < -0.4 is 0 Å². The van der Waals surface area contributed by atoms with E-state index in [1.807, 2.05) is 31.2 Å². The molecular formula is C15H21NO2S. The van der Waals surface area contributed by atoms with Gasteiger partial charge in [0, 0.05) is 13.1 Å². The first-order valence-corrected chi connectivity index (χ1v) is 8.24. The molecule has 0 saturated carbocycles. The molecule has 1 aliphatic heterocycles. The van der Waals surface area contributed by atoms with E-state index in [4.69, 9.17) is 0 Å². The van der Waals surface area contributed by atoms with Crippen molar-refractivity contribution in [2.45, 2.75) is 32.9 Å². The molecule has 0 aliphatic carbocycles. The second-order valence-electron chi connectivity index (χ2n) is 4.95. The maximum atomic E-state index is 12.3. The van der Waals surface area contributed by atoms with Gasteiger partial charge in [0.2, 0.25) is 0 Å². The highest BCUT2D eigenvalue weighted by Crippen LogP contribution is 2.47. The Labute approximate surface area is 115 Å². The van der Waals surface area contributed by atoms with Crippen molar-refractivity contribution in [2.24, 2.45) is 0 Å². The topological polar surface area (TPSA) is 37.4 Å². The summed E-state index contributed by atoms with van der Waals surface area (Å²) in [5.74, 6) is 0. The summed E-state index contributed by atoms with van der Waals surface area (Å²) in [5.41, 5.74) is 2.98. The lowest BCUT2D eigenvalue weighted by Gasteiger charge is -2.39. The second kappa shape index (κ2) is 5.00. The molecule has 1 aromatic carbocycles. The Bertz CT molecular complexity index is 596. The smallest absolute Gasteiger partial charge is 0.188 e. The summed E-state index contributed by atoms with van der Waals surface area (Å²) in [4.78, 5) is 2.67. The maximum Gasteiger partial charge on any atom is 0.188 e. The van der Waals surface area contributed by atoms with E-state index in [1.54, 1.807) is 6.92 Å². The molecule has 0 spiro atoms. The normalized spacial score (nSPS) is 21.2. The van der Waals surface area contributed by atoms with E-state index in [-0.39, 0.29) is 0 Å². The van der Waals surface area contributed by atoms with Crippen LogP contribution in [0.3, 0.4) is 0 Å². The number of hydrogen-bond acceptors (Lipinski definition) is 3. The van der Waals surface area contributed by atoms with Gasteiger partial charge >= 0.3 is 0 Å². The summed E-state index contributed by atoms with van der Waals surface area (Å²) in [6.07, 6.45) is 0. The molecule has 104 valence electrons. The third kappa shape index (κ3) is 2.18. The van der Waals surface area contributed by atoms with Gasteiger partial charge in [-0.25, -0.2) is 8.42 Å². The fourth-order valence-corrected chi connectivity index (χ4v) is 4.47. The molecule has 0 radical (unpaired) electrons. The highest BCUT2D eigenvalue weighted by atomic mass is 32.2. The van der Waals surface area contributed by atoms with E-state index in [2.05, 4.69) is 18.7 Å². The number of benzene rings is 1. The summed E-state index contributed by atoms with van der Waals surface area (Å²) >= 11 is 0. The minimum Gasteiger partial charge on any atom is -0.373 e. The predicted octanol–water partition coefficient (Wildman–Crippen LogP) is 3.04. The highest BCUT2D eigenvalue weighted by Gasteiger charge is 2.45. The number of sulfone groups is 1. The van der Waals surface area contributed by atoms with Gasteiger partial charge in [-0.15, -0.1) is 0 Å². The van der Waals surface area contributed by atoms with Gasteiger partial charge in [-0.2, -0.15) is 0 Å².